The van der Waals surface area contributed by atoms with E-state index < -0.39 is 0 Å². The van der Waals surface area contributed by atoms with Crippen molar-refractivity contribution < 1.29 is 9.53 Å². The number of amides is 1. The first-order valence-electron chi connectivity index (χ1n) is 4.34. The van der Waals surface area contributed by atoms with Gasteiger partial charge in [0.05, 0.1) is 7.11 Å². The molecule has 14 heavy (non-hydrogen) atoms. The summed E-state index contributed by atoms with van der Waals surface area (Å²) in [6, 6.07) is 7.70. The lowest BCUT2D eigenvalue weighted by molar-refractivity contribution is -0.109. The predicted octanol–water partition coefficient (Wildman–Crippen LogP) is 1.45. The van der Waals surface area contributed by atoms with E-state index in [1.54, 1.807) is 7.11 Å². The van der Waals surface area contributed by atoms with E-state index in [1.807, 2.05) is 36.4 Å². The maximum atomic E-state index is 9.94. The van der Waals surface area contributed by atoms with E-state index in [2.05, 4.69) is 5.32 Å². The standard InChI is InChI=1S/C11H13NO2/c1-14-11-6-4-10(5-7-11)3-2-8-12-9-13/h2-7,9H,8H2,1H3,(H,12,13)/b3-2+. The van der Waals surface area contributed by atoms with Crippen molar-refractivity contribution in [1.82, 2.24) is 5.32 Å². The lowest BCUT2D eigenvalue weighted by Crippen LogP contribution is -2.09. The summed E-state index contributed by atoms with van der Waals surface area (Å²) in [7, 11) is 1.64. The van der Waals surface area contributed by atoms with Crippen molar-refractivity contribution >= 4 is 12.5 Å². The van der Waals surface area contributed by atoms with Crippen molar-refractivity contribution in [2.75, 3.05) is 13.7 Å². The largest absolute Gasteiger partial charge is 0.497 e. The summed E-state index contributed by atoms with van der Waals surface area (Å²) in [6.45, 7) is 0.551. The van der Waals surface area contributed by atoms with Crippen molar-refractivity contribution in [1.29, 1.82) is 0 Å². The Morgan fingerprint density at radius 1 is 1.36 bits per heavy atom. The van der Waals surface area contributed by atoms with Crippen LogP contribution in [0.2, 0.25) is 0 Å². The predicted molar refractivity (Wildman–Crippen MR) is 56.1 cm³/mol. The number of hydrogen-bond acceptors (Lipinski definition) is 2. The number of hydrogen-bond donors (Lipinski definition) is 1. The molecule has 0 aromatic heterocycles. The number of methoxy groups -OCH3 is 1. The summed E-state index contributed by atoms with van der Waals surface area (Å²) < 4.78 is 5.03. The second-order valence-corrected chi connectivity index (χ2v) is 2.70. The minimum Gasteiger partial charge on any atom is -0.497 e. The Hall–Kier alpha value is -1.77. The molecule has 0 atom stereocenters. The molecule has 0 fully saturated rings. The Labute approximate surface area is 83.4 Å². The van der Waals surface area contributed by atoms with Crippen LogP contribution in [0.5, 0.6) is 5.75 Å². The van der Waals surface area contributed by atoms with Crippen LogP contribution in [0.15, 0.2) is 30.3 Å². The van der Waals surface area contributed by atoms with E-state index in [9.17, 15) is 4.79 Å². The molecule has 1 aromatic carbocycles. The van der Waals surface area contributed by atoms with E-state index in [1.165, 1.54) is 0 Å². The average Bonchev–Trinajstić information content (AvgIpc) is 2.25. The topological polar surface area (TPSA) is 38.3 Å². The fourth-order valence-corrected chi connectivity index (χ4v) is 1.03. The Kier molecular flexibility index (Phi) is 4.27. The quantitative estimate of drug-likeness (QED) is 0.565. The maximum absolute atomic E-state index is 9.94. The van der Waals surface area contributed by atoms with Crippen LogP contribution in [0.3, 0.4) is 0 Å². The molecule has 0 saturated carbocycles. The summed E-state index contributed by atoms with van der Waals surface area (Å²) >= 11 is 0. The highest BCUT2D eigenvalue weighted by Gasteiger charge is 1.88. The van der Waals surface area contributed by atoms with Crippen molar-refractivity contribution in [2.24, 2.45) is 0 Å². The molecule has 1 amide bonds. The van der Waals surface area contributed by atoms with Gasteiger partial charge in [-0.1, -0.05) is 24.3 Å². The molecule has 3 heteroatoms. The minimum absolute atomic E-state index is 0.551. The second kappa shape index (κ2) is 5.80. The lowest BCUT2D eigenvalue weighted by Gasteiger charge is -1.98. The summed E-state index contributed by atoms with van der Waals surface area (Å²) in [4.78, 5) is 9.94. The first-order valence-corrected chi connectivity index (χ1v) is 4.34. The van der Waals surface area contributed by atoms with Gasteiger partial charge in [0.1, 0.15) is 5.75 Å². The van der Waals surface area contributed by atoms with Gasteiger partial charge in [0.25, 0.3) is 0 Å². The molecule has 0 radical (unpaired) electrons. The zero-order valence-corrected chi connectivity index (χ0v) is 8.07. The third-order valence-electron chi connectivity index (χ3n) is 1.75. The molecular formula is C11H13NO2. The van der Waals surface area contributed by atoms with Crippen LogP contribution in [0.4, 0.5) is 0 Å². The van der Waals surface area contributed by atoms with Crippen LogP contribution >= 0.6 is 0 Å². The monoisotopic (exact) mass is 191 g/mol. The summed E-state index contributed by atoms with van der Waals surface area (Å²) in [6.07, 6.45) is 4.50. The molecule has 0 spiro atoms. The SMILES string of the molecule is COc1ccc(/C=C/CNC=O)cc1. The molecule has 0 aliphatic carbocycles. The third-order valence-corrected chi connectivity index (χ3v) is 1.75. The molecule has 1 N–H and O–H groups in total. The van der Waals surface area contributed by atoms with E-state index >= 15 is 0 Å². The number of nitrogens with one attached hydrogen (secondary N) is 1. The second-order valence-electron chi connectivity index (χ2n) is 2.70. The fraction of sp³-hybridized carbons (Fsp3) is 0.182. The van der Waals surface area contributed by atoms with Crippen LogP contribution < -0.4 is 10.1 Å². The molecular weight excluding hydrogens is 178 g/mol. The van der Waals surface area contributed by atoms with E-state index in [-0.39, 0.29) is 0 Å². The Bertz CT molecular complexity index is 304. The smallest absolute Gasteiger partial charge is 0.207 e. The molecule has 0 bridgehead atoms. The van der Waals surface area contributed by atoms with Gasteiger partial charge in [0, 0.05) is 6.54 Å². The number of carbonyl (C=O) groups excluding carboxylic acids is 1. The van der Waals surface area contributed by atoms with Crippen molar-refractivity contribution in [3.63, 3.8) is 0 Å². The lowest BCUT2D eigenvalue weighted by atomic mass is 10.2. The first-order chi connectivity index (χ1) is 6.86. The molecule has 0 unspecified atom stereocenters. The molecule has 0 saturated heterocycles. The van der Waals surface area contributed by atoms with Gasteiger partial charge in [-0.2, -0.15) is 0 Å². The minimum atomic E-state index is 0.551. The van der Waals surface area contributed by atoms with Crippen LogP contribution in [0.25, 0.3) is 6.08 Å². The third kappa shape index (κ3) is 3.31. The van der Waals surface area contributed by atoms with Gasteiger partial charge in [0.15, 0.2) is 0 Å². The number of carbonyl (C=O) groups is 1. The van der Waals surface area contributed by atoms with Crippen LogP contribution in [0.1, 0.15) is 5.56 Å². The molecule has 74 valence electrons. The number of ether oxygens (including phenoxy) is 1. The highest BCUT2D eigenvalue weighted by Crippen LogP contribution is 2.11. The van der Waals surface area contributed by atoms with E-state index in [0.29, 0.717) is 13.0 Å². The molecule has 0 heterocycles. The molecule has 0 aliphatic heterocycles. The molecule has 0 aliphatic rings. The van der Waals surface area contributed by atoms with Gasteiger partial charge >= 0.3 is 0 Å². The van der Waals surface area contributed by atoms with Gasteiger partial charge in [-0.05, 0) is 17.7 Å². The zero-order valence-electron chi connectivity index (χ0n) is 8.07. The molecule has 3 nitrogen and oxygen atoms in total. The molecule has 1 aromatic rings. The Morgan fingerprint density at radius 2 is 2.07 bits per heavy atom. The van der Waals surface area contributed by atoms with E-state index in [0.717, 1.165) is 11.3 Å². The van der Waals surface area contributed by atoms with Gasteiger partial charge in [-0.3, -0.25) is 4.79 Å². The highest BCUT2D eigenvalue weighted by molar-refractivity contribution is 5.52. The summed E-state index contributed by atoms with van der Waals surface area (Å²) in [5.74, 6) is 0.841. The Balaban J connectivity index is 2.50. The van der Waals surface area contributed by atoms with Crippen LogP contribution in [-0.2, 0) is 4.79 Å². The van der Waals surface area contributed by atoms with E-state index in [4.69, 9.17) is 4.74 Å². The van der Waals surface area contributed by atoms with Crippen LogP contribution in [0, 0.1) is 0 Å². The van der Waals surface area contributed by atoms with Crippen molar-refractivity contribution in [3.05, 3.63) is 35.9 Å². The Morgan fingerprint density at radius 3 is 2.64 bits per heavy atom. The summed E-state index contributed by atoms with van der Waals surface area (Å²) in [5, 5.41) is 2.55. The average molecular weight is 191 g/mol. The maximum Gasteiger partial charge on any atom is 0.207 e. The van der Waals surface area contributed by atoms with Crippen molar-refractivity contribution in [2.45, 2.75) is 0 Å². The number of rotatable bonds is 5. The van der Waals surface area contributed by atoms with Gasteiger partial charge < -0.3 is 10.1 Å². The fourth-order valence-electron chi connectivity index (χ4n) is 1.03. The zero-order chi connectivity index (χ0) is 10.2. The number of benzene rings is 1. The van der Waals surface area contributed by atoms with Crippen molar-refractivity contribution in [3.8, 4) is 5.75 Å². The van der Waals surface area contributed by atoms with Gasteiger partial charge in [-0.15, -0.1) is 0 Å². The highest BCUT2D eigenvalue weighted by atomic mass is 16.5. The molecule has 1 rings (SSSR count). The summed E-state index contributed by atoms with van der Waals surface area (Å²) in [5.41, 5.74) is 1.08. The van der Waals surface area contributed by atoms with Gasteiger partial charge in [-0.25, -0.2) is 0 Å². The normalized spacial score (nSPS) is 10.1. The first kappa shape index (κ1) is 10.3. The van der Waals surface area contributed by atoms with Gasteiger partial charge in [0.2, 0.25) is 6.41 Å². The van der Waals surface area contributed by atoms with Crippen LogP contribution in [-0.4, -0.2) is 20.1 Å².